The van der Waals surface area contributed by atoms with Crippen molar-refractivity contribution in [3.05, 3.63) is 33.4 Å². The highest BCUT2D eigenvalue weighted by molar-refractivity contribution is 14.1. The Labute approximate surface area is 125 Å². The lowest BCUT2D eigenvalue weighted by Crippen LogP contribution is -2.40. The Morgan fingerprint density at radius 3 is 2.63 bits per heavy atom. The largest absolute Gasteiger partial charge is 0.481 e. The van der Waals surface area contributed by atoms with Gasteiger partial charge in [-0.1, -0.05) is 0 Å². The topological polar surface area (TPSA) is 57.6 Å². The van der Waals surface area contributed by atoms with E-state index in [0.717, 1.165) is 23.0 Å². The quantitative estimate of drug-likeness (QED) is 0.829. The third kappa shape index (κ3) is 3.92. The molecule has 0 aliphatic carbocycles. The molecule has 0 spiro atoms. The van der Waals surface area contributed by atoms with Gasteiger partial charge in [0.2, 0.25) is 0 Å². The number of rotatable bonds is 3. The lowest BCUT2D eigenvalue weighted by atomic mass is 9.94. The summed E-state index contributed by atoms with van der Waals surface area (Å²) in [4.78, 5) is 24.8. The zero-order valence-electron chi connectivity index (χ0n) is 10.5. The Hall–Kier alpha value is -1.11. The predicted molar refractivity (Wildman–Crippen MR) is 80.0 cm³/mol. The number of aliphatic carboxylic acids is 1. The molecule has 1 heterocycles. The van der Waals surface area contributed by atoms with Gasteiger partial charge in [0, 0.05) is 28.6 Å². The summed E-state index contributed by atoms with van der Waals surface area (Å²) in [7, 11) is 0. The van der Waals surface area contributed by atoms with Crippen molar-refractivity contribution in [2.24, 2.45) is 5.92 Å². The molecule has 1 aliphatic rings. The van der Waals surface area contributed by atoms with Crippen LogP contribution in [0, 0.1) is 9.49 Å². The lowest BCUT2D eigenvalue weighted by molar-refractivity contribution is -0.138. The number of benzene rings is 1. The Kier molecular flexibility index (Phi) is 4.79. The number of carbonyl (C=O) groups excluding carboxylic acids is 1. The van der Waals surface area contributed by atoms with Crippen LogP contribution in [-0.4, -0.2) is 35.0 Å². The summed E-state index contributed by atoms with van der Waals surface area (Å²) in [6.45, 7) is 1.28. The van der Waals surface area contributed by atoms with Gasteiger partial charge in [-0.3, -0.25) is 9.59 Å². The number of carbonyl (C=O) groups is 2. The van der Waals surface area contributed by atoms with Crippen LogP contribution < -0.4 is 0 Å². The first-order chi connectivity index (χ1) is 9.06. The standard InChI is InChI=1S/C14H16INO3/c15-12-5-3-11(4-6-12)14(19)16-7-1-2-10(9-16)8-13(17)18/h3-6,10H,1-2,7-9H2,(H,17,18). The summed E-state index contributed by atoms with van der Waals surface area (Å²) in [6, 6.07) is 7.47. The number of hydrogen-bond donors (Lipinski definition) is 1. The smallest absolute Gasteiger partial charge is 0.303 e. The van der Waals surface area contributed by atoms with E-state index in [-0.39, 0.29) is 18.2 Å². The highest BCUT2D eigenvalue weighted by Crippen LogP contribution is 2.21. The molecule has 5 heteroatoms. The molecular weight excluding hydrogens is 357 g/mol. The van der Waals surface area contributed by atoms with Crippen LogP contribution in [0.2, 0.25) is 0 Å². The number of hydrogen-bond acceptors (Lipinski definition) is 2. The van der Waals surface area contributed by atoms with E-state index in [4.69, 9.17) is 5.11 Å². The van der Waals surface area contributed by atoms with Crippen molar-refractivity contribution in [3.8, 4) is 0 Å². The zero-order chi connectivity index (χ0) is 13.8. The van der Waals surface area contributed by atoms with Crippen molar-refractivity contribution in [1.29, 1.82) is 0 Å². The third-order valence-electron chi connectivity index (χ3n) is 3.36. The van der Waals surface area contributed by atoms with Gasteiger partial charge in [0.15, 0.2) is 0 Å². The normalized spacial score (nSPS) is 19.2. The molecule has 0 aromatic heterocycles. The SMILES string of the molecule is O=C(O)CC1CCCN(C(=O)c2ccc(I)cc2)C1. The highest BCUT2D eigenvalue weighted by Gasteiger charge is 2.25. The molecule has 0 bridgehead atoms. The van der Waals surface area contributed by atoms with Gasteiger partial charge in [0.1, 0.15) is 0 Å². The maximum Gasteiger partial charge on any atom is 0.303 e. The molecule has 1 unspecified atom stereocenters. The van der Waals surface area contributed by atoms with Gasteiger partial charge >= 0.3 is 5.97 Å². The van der Waals surface area contributed by atoms with Gasteiger partial charge in [-0.15, -0.1) is 0 Å². The van der Waals surface area contributed by atoms with Crippen LogP contribution in [0.5, 0.6) is 0 Å². The molecule has 1 aromatic rings. The molecular formula is C14H16INO3. The lowest BCUT2D eigenvalue weighted by Gasteiger charge is -2.32. The van der Waals surface area contributed by atoms with Crippen LogP contribution in [0.15, 0.2) is 24.3 Å². The van der Waals surface area contributed by atoms with Gasteiger partial charge in [-0.05, 0) is 65.6 Å². The van der Waals surface area contributed by atoms with Gasteiger partial charge in [0.05, 0.1) is 0 Å². The average molecular weight is 373 g/mol. The van der Waals surface area contributed by atoms with Crippen LogP contribution in [0.4, 0.5) is 0 Å². The van der Waals surface area contributed by atoms with Gasteiger partial charge in [-0.25, -0.2) is 0 Å². The van der Waals surface area contributed by atoms with E-state index in [1.807, 2.05) is 24.3 Å². The average Bonchev–Trinajstić information content (AvgIpc) is 2.38. The molecule has 1 N–H and O–H groups in total. The maximum absolute atomic E-state index is 12.3. The summed E-state index contributed by atoms with van der Waals surface area (Å²) in [6.07, 6.45) is 1.92. The zero-order valence-corrected chi connectivity index (χ0v) is 12.7. The summed E-state index contributed by atoms with van der Waals surface area (Å²) in [5.74, 6) is -0.695. The number of carboxylic acids is 1. The van der Waals surface area contributed by atoms with Crippen LogP contribution in [0.25, 0.3) is 0 Å². The Morgan fingerprint density at radius 2 is 2.00 bits per heavy atom. The van der Waals surface area contributed by atoms with E-state index in [0.29, 0.717) is 12.1 Å². The Balaban J connectivity index is 2.02. The second-order valence-corrected chi connectivity index (χ2v) is 6.11. The second kappa shape index (κ2) is 6.36. The fourth-order valence-electron chi connectivity index (χ4n) is 2.44. The molecule has 1 fully saturated rings. The minimum atomic E-state index is -0.784. The summed E-state index contributed by atoms with van der Waals surface area (Å²) >= 11 is 2.20. The molecule has 1 saturated heterocycles. The van der Waals surface area contributed by atoms with Crippen molar-refractivity contribution in [1.82, 2.24) is 4.90 Å². The molecule has 1 aromatic carbocycles. The highest BCUT2D eigenvalue weighted by atomic mass is 127. The first kappa shape index (κ1) is 14.3. The fourth-order valence-corrected chi connectivity index (χ4v) is 2.80. The molecule has 1 atom stereocenters. The number of piperidine rings is 1. The van der Waals surface area contributed by atoms with Crippen molar-refractivity contribution in [2.75, 3.05) is 13.1 Å². The number of amides is 1. The summed E-state index contributed by atoms with van der Waals surface area (Å²) in [5.41, 5.74) is 0.677. The van der Waals surface area contributed by atoms with E-state index in [2.05, 4.69) is 22.6 Å². The van der Waals surface area contributed by atoms with E-state index in [1.165, 1.54) is 0 Å². The first-order valence-corrected chi connectivity index (χ1v) is 7.41. The number of carboxylic acid groups (broad SMARTS) is 1. The Bertz CT molecular complexity index is 472. The minimum Gasteiger partial charge on any atom is -0.481 e. The van der Waals surface area contributed by atoms with Crippen LogP contribution >= 0.6 is 22.6 Å². The number of nitrogens with zero attached hydrogens (tertiary/aromatic N) is 1. The first-order valence-electron chi connectivity index (χ1n) is 6.33. The molecule has 4 nitrogen and oxygen atoms in total. The van der Waals surface area contributed by atoms with Crippen molar-refractivity contribution in [2.45, 2.75) is 19.3 Å². The molecule has 1 aliphatic heterocycles. The van der Waals surface area contributed by atoms with E-state index < -0.39 is 5.97 Å². The molecule has 102 valence electrons. The number of halogens is 1. The van der Waals surface area contributed by atoms with E-state index >= 15 is 0 Å². The fraction of sp³-hybridized carbons (Fsp3) is 0.429. The maximum atomic E-state index is 12.3. The second-order valence-electron chi connectivity index (χ2n) is 4.86. The van der Waals surface area contributed by atoms with Crippen LogP contribution in [-0.2, 0) is 4.79 Å². The van der Waals surface area contributed by atoms with Gasteiger partial charge in [-0.2, -0.15) is 0 Å². The molecule has 0 radical (unpaired) electrons. The van der Waals surface area contributed by atoms with Gasteiger partial charge < -0.3 is 10.0 Å². The Morgan fingerprint density at radius 1 is 1.32 bits per heavy atom. The van der Waals surface area contributed by atoms with Crippen LogP contribution in [0.1, 0.15) is 29.6 Å². The third-order valence-corrected chi connectivity index (χ3v) is 4.08. The van der Waals surface area contributed by atoms with E-state index in [1.54, 1.807) is 4.90 Å². The molecule has 2 rings (SSSR count). The molecule has 1 amide bonds. The predicted octanol–water partition coefficient (Wildman–Crippen LogP) is 2.62. The number of likely N-dealkylation sites (tertiary alicyclic amines) is 1. The monoisotopic (exact) mass is 373 g/mol. The molecule has 19 heavy (non-hydrogen) atoms. The molecule has 0 saturated carbocycles. The van der Waals surface area contributed by atoms with Gasteiger partial charge in [0.25, 0.3) is 5.91 Å². The summed E-state index contributed by atoms with van der Waals surface area (Å²) in [5, 5.41) is 8.83. The van der Waals surface area contributed by atoms with E-state index in [9.17, 15) is 9.59 Å². The van der Waals surface area contributed by atoms with Crippen molar-refractivity contribution >= 4 is 34.5 Å². The van der Waals surface area contributed by atoms with Crippen molar-refractivity contribution < 1.29 is 14.7 Å². The summed E-state index contributed by atoms with van der Waals surface area (Å²) < 4.78 is 1.09. The minimum absolute atomic E-state index is 0.00601. The van der Waals surface area contributed by atoms with Crippen molar-refractivity contribution in [3.63, 3.8) is 0 Å². The van der Waals surface area contributed by atoms with Crippen LogP contribution in [0.3, 0.4) is 0 Å².